The highest BCUT2D eigenvalue weighted by Gasteiger charge is 2.52. The summed E-state index contributed by atoms with van der Waals surface area (Å²) in [5.41, 5.74) is 0.333. The van der Waals surface area contributed by atoms with E-state index in [9.17, 15) is 13.5 Å². The molecule has 5 rings (SSSR count). The third kappa shape index (κ3) is 2.57. The molecule has 0 radical (unpaired) electrons. The first kappa shape index (κ1) is 17.7. The van der Waals surface area contributed by atoms with Crippen LogP contribution in [0.5, 0.6) is 0 Å². The molecule has 1 aromatic carbocycles. The Balaban J connectivity index is 1.51. The molecule has 3 heterocycles. The third-order valence-corrected chi connectivity index (χ3v) is 8.05. The molecule has 3 unspecified atom stereocenters. The third-order valence-electron chi connectivity index (χ3n) is 6.18. The maximum Gasteiger partial charge on any atom is 0.245 e. The van der Waals surface area contributed by atoms with E-state index < -0.39 is 15.6 Å². The summed E-state index contributed by atoms with van der Waals surface area (Å²) < 4.78 is 32.9. The van der Waals surface area contributed by atoms with Gasteiger partial charge in [0.15, 0.2) is 5.52 Å². The summed E-state index contributed by atoms with van der Waals surface area (Å²) in [6.45, 7) is 0.650. The lowest BCUT2D eigenvalue weighted by atomic mass is 9.68. The summed E-state index contributed by atoms with van der Waals surface area (Å²) in [4.78, 5) is 4.24. The first-order chi connectivity index (χ1) is 13.5. The minimum Gasteiger partial charge on any atom is -0.385 e. The van der Waals surface area contributed by atoms with Crippen molar-refractivity contribution in [3.8, 4) is 0 Å². The zero-order valence-electron chi connectivity index (χ0n) is 15.1. The predicted octanol–water partition coefficient (Wildman–Crippen LogP) is 1.93. The van der Waals surface area contributed by atoms with Crippen molar-refractivity contribution in [2.75, 3.05) is 13.1 Å². The molecule has 1 N–H and O–H groups in total. The summed E-state index contributed by atoms with van der Waals surface area (Å²) in [5, 5.41) is 19.0. The number of aliphatic hydroxyl groups is 1. The zero-order valence-corrected chi connectivity index (χ0v) is 15.9. The van der Waals surface area contributed by atoms with Gasteiger partial charge in [-0.15, -0.1) is 0 Å². The number of rotatable bonds is 3. The molecule has 1 aliphatic heterocycles. The summed E-state index contributed by atoms with van der Waals surface area (Å²) in [5.74, 6) is -0.0711. The normalized spacial score (nSPS) is 28.5. The topological polar surface area (TPSA) is 109 Å². The van der Waals surface area contributed by atoms with Crippen LogP contribution < -0.4 is 0 Å². The smallest absolute Gasteiger partial charge is 0.245 e. The Kier molecular flexibility index (Phi) is 4.01. The van der Waals surface area contributed by atoms with Crippen LogP contribution in [0.25, 0.3) is 11.0 Å². The van der Waals surface area contributed by atoms with Gasteiger partial charge in [-0.05, 0) is 53.7 Å². The second kappa shape index (κ2) is 6.33. The maximum atomic E-state index is 13.4. The van der Waals surface area contributed by atoms with Gasteiger partial charge in [0, 0.05) is 37.0 Å². The van der Waals surface area contributed by atoms with E-state index in [-0.39, 0.29) is 28.8 Å². The van der Waals surface area contributed by atoms with Crippen LogP contribution in [-0.2, 0) is 15.6 Å². The van der Waals surface area contributed by atoms with Gasteiger partial charge in [-0.3, -0.25) is 4.98 Å². The molecule has 2 aromatic heterocycles. The summed E-state index contributed by atoms with van der Waals surface area (Å²) in [7, 11) is -3.78. The van der Waals surface area contributed by atoms with Crippen LogP contribution in [0.15, 0.2) is 52.3 Å². The van der Waals surface area contributed by atoms with Crippen molar-refractivity contribution in [1.82, 2.24) is 19.6 Å². The molecule has 9 heteroatoms. The van der Waals surface area contributed by atoms with Crippen LogP contribution in [0.3, 0.4) is 0 Å². The van der Waals surface area contributed by atoms with Gasteiger partial charge in [-0.25, -0.2) is 13.0 Å². The fourth-order valence-corrected chi connectivity index (χ4v) is 6.45. The number of hydrogen-bond donors (Lipinski definition) is 1. The monoisotopic (exact) mass is 400 g/mol. The number of fused-ring (bicyclic) bond motifs is 2. The summed E-state index contributed by atoms with van der Waals surface area (Å²) in [6, 6.07) is 8.49. The summed E-state index contributed by atoms with van der Waals surface area (Å²) in [6.07, 6.45) is 5.71. The molecule has 1 saturated heterocycles. The Morgan fingerprint density at radius 1 is 1.18 bits per heavy atom. The number of hydrogen-bond acceptors (Lipinski definition) is 7. The highest BCUT2D eigenvalue weighted by atomic mass is 32.2. The van der Waals surface area contributed by atoms with E-state index >= 15 is 0 Å². The molecule has 2 aliphatic rings. The average Bonchev–Trinajstić information content (AvgIpc) is 3.36. The first-order valence-electron chi connectivity index (χ1n) is 9.34. The van der Waals surface area contributed by atoms with Gasteiger partial charge in [-0.1, -0.05) is 12.1 Å². The van der Waals surface area contributed by atoms with Crippen molar-refractivity contribution in [2.24, 2.45) is 11.8 Å². The van der Waals surface area contributed by atoms with E-state index in [1.54, 1.807) is 30.6 Å². The van der Waals surface area contributed by atoms with Gasteiger partial charge in [-0.2, -0.15) is 4.31 Å². The highest BCUT2D eigenvalue weighted by Crippen LogP contribution is 2.49. The Hall–Kier alpha value is -2.36. The quantitative estimate of drug-likeness (QED) is 0.715. The molecule has 0 amide bonds. The Labute approximate surface area is 162 Å². The molecule has 0 spiro atoms. The Bertz CT molecular complexity index is 1120. The van der Waals surface area contributed by atoms with Crippen molar-refractivity contribution in [3.05, 3.63) is 48.3 Å². The molecule has 0 bridgehead atoms. The van der Waals surface area contributed by atoms with Crippen LogP contribution in [0.2, 0.25) is 0 Å². The van der Waals surface area contributed by atoms with Crippen molar-refractivity contribution in [3.63, 3.8) is 0 Å². The Morgan fingerprint density at radius 2 is 2.07 bits per heavy atom. The number of benzene rings is 1. The van der Waals surface area contributed by atoms with Crippen molar-refractivity contribution in [1.29, 1.82) is 0 Å². The van der Waals surface area contributed by atoms with Crippen LogP contribution in [-0.4, -0.2) is 46.2 Å². The van der Waals surface area contributed by atoms with Crippen molar-refractivity contribution < 1.29 is 18.2 Å². The molecule has 3 aromatic rings. The maximum absolute atomic E-state index is 13.4. The average molecular weight is 400 g/mol. The number of sulfonamides is 1. The minimum absolute atomic E-state index is 0.0924. The fourth-order valence-electron chi connectivity index (χ4n) is 4.79. The largest absolute Gasteiger partial charge is 0.385 e. The van der Waals surface area contributed by atoms with Crippen molar-refractivity contribution in [2.45, 2.75) is 29.8 Å². The molecular formula is C19H20N4O4S. The van der Waals surface area contributed by atoms with Gasteiger partial charge in [0.05, 0.1) is 5.60 Å². The van der Waals surface area contributed by atoms with Crippen LogP contribution >= 0.6 is 0 Å². The summed E-state index contributed by atoms with van der Waals surface area (Å²) >= 11 is 0. The van der Waals surface area contributed by atoms with E-state index in [1.165, 1.54) is 10.4 Å². The van der Waals surface area contributed by atoms with Crippen LogP contribution in [0.4, 0.5) is 0 Å². The van der Waals surface area contributed by atoms with E-state index in [2.05, 4.69) is 15.3 Å². The standard InChI is InChI=1S/C19H20N4O4S/c24-19(14-5-3-9-20-10-14)8-2-4-13-11-23(12-15(13)19)28(25,26)17-7-1-6-16-18(17)22-27-21-16/h1,3,5-7,9-10,13,15,24H,2,4,8,11-12H2. The number of nitrogens with zero attached hydrogens (tertiary/aromatic N) is 4. The molecule has 8 nitrogen and oxygen atoms in total. The van der Waals surface area contributed by atoms with Crippen LogP contribution in [0, 0.1) is 11.8 Å². The number of pyridine rings is 1. The van der Waals surface area contributed by atoms with Gasteiger partial charge in [0.1, 0.15) is 10.4 Å². The van der Waals surface area contributed by atoms with E-state index in [4.69, 9.17) is 4.63 Å². The van der Waals surface area contributed by atoms with Crippen molar-refractivity contribution >= 4 is 21.1 Å². The number of aromatic nitrogens is 3. The first-order valence-corrected chi connectivity index (χ1v) is 10.8. The van der Waals surface area contributed by atoms with Gasteiger partial charge >= 0.3 is 0 Å². The van der Waals surface area contributed by atoms with Crippen LogP contribution in [0.1, 0.15) is 24.8 Å². The van der Waals surface area contributed by atoms with Gasteiger partial charge in [0.2, 0.25) is 10.0 Å². The van der Waals surface area contributed by atoms with Gasteiger partial charge < -0.3 is 5.11 Å². The predicted molar refractivity (Wildman–Crippen MR) is 99.5 cm³/mol. The molecule has 28 heavy (non-hydrogen) atoms. The van der Waals surface area contributed by atoms with E-state index in [0.717, 1.165) is 18.4 Å². The zero-order chi connectivity index (χ0) is 19.4. The molecule has 2 fully saturated rings. The SMILES string of the molecule is O=S(=O)(c1cccc2nonc12)N1CC2CCCC(O)(c3cccnc3)C2C1. The van der Waals surface area contributed by atoms with E-state index in [0.29, 0.717) is 18.5 Å². The fraction of sp³-hybridized carbons (Fsp3) is 0.421. The lowest BCUT2D eigenvalue weighted by Gasteiger charge is -2.41. The molecule has 3 atom stereocenters. The van der Waals surface area contributed by atoms with Gasteiger partial charge in [0.25, 0.3) is 0 Å². The molecule has 1 aliphatic carbocycles. The molecule has 146 valence electrons. The lowest BCUT2D eigenvalue weighted by molar-refractivity contribution is -0.0643. The highest BCUT2D eigenvalue weighted by molar-refractivity contribution is 7.89. The molecule has 1 saturated carbocycles. The van der Waals surface area contributed by atoms with E-state index in [1.807, 2.05) is 6.07 Å². The molecular weight excluding hydrogens is 380 g/mol. The lowest BCUT2D eigenvalue weighted by Crippen LogP contribution is -2.43. The second-order valence-corrected chi connectivity index (χ2v) is 9.54. The minimum atomic E-state index is -3.78. The Morgan fingerprint density at radius 3 is 2.89 bits per heavy atom. The second-order valence-electron chi connectivity index (χ2n) is 7.63.